The van der Waals surface area contributed by atoms with Crippen LogP contribution in [0.1, 0.15) is 12.8 Å². The van der Waals surface area contributed by atoms with Gasteiger partial charge in [-0.2, -0.15) is 0 Å². The molecule has 1 heterocycles. The van der Waals surface area contributed by atoms with Crippen molar-refractivity contribution in [3.05, 3.63) is 24.3 Å². The summed E-state index contributed by atoms with van der Waals surface area (Å²) >= 11 is 0. The van der Waals surface area contributed by atoms with Crippen molar-refractivity contribution in [3.8, 4) is 0 Å². The molecule has 0 saturated carbocycles. The van der Waals surface area contributed by atoms with E-state index in [1.165, 1.54) is 4.90 Å². The Morgan fingerprint density at radius 1 is 1.28 bits per heavy atom. The Bertz CT molecular complexity index is 513. The van der Waals surface area contributed by atoms with Crippen molar-refractivity contribution in [3.63, 3.8) is 0 Å². The van der Waals surface area contributed by atoms with Crippen LogP contribution in [-0.2, 0) is 14.4 Å². The molecule has 0 fully saturated rings. The van der Waals surface area contributed by atoms with Gasteiger partial charge in [0.25, 0.3) is 0 Å². The number of carbonyl (C=O) groups excluding carboxylic acids is 3. The summed E-state index contributed by atoms with van der Waals surface area (Å²) in [6.07, 6.45) is -0.525. The van der Waals surface area contributed by atoms with Crippen LogP contribution in [0.4, 0.5) is 11.4 Å². The molecule has 1 aromatic carbocycles. The number of nitrogens with zero attached hydrogens (tertiary/aromatic N) is 1. The van der Waals surface area contributed by atoms with Gasteiger partial charge in [-0.3, -0.25) is 9.59 Å². The lowest BCUT2D eigenvalue weighted by Gasteiger charge is -2.29. The highest BCUT2D eigenvalue weighted by molar-refractivity contribution is 6.10. The smallest absolute Gasteiger partial charge is 0.244 e. The van der Waals surface area contributed by atoms with Crippen molar-refractivity contribution in [1.29, 1.82) is 0 Å². The summed E-state index contributed by atoms with van der Waals surface area (Å²) in [7, 11) is 0. The first-order valence-electron chi connectivity index (χ1n) is 5.47. The summed E-state index contributed by atoms with van der Waals surface area (Å²) in [4.78, 5) is 34.9. The number of aliphatic carboxylic acids is 1. The van der Waals surface area contributed by atoms with Gasteiger partial charge in [-0.05, 0) is 18.6 Å². The molecule has 1 N–H and O–H groups in total. The molecular weight excluding hydrogens is 236 g/mol. The zero-order valence-corrected chi connectivity index (χ0v) is 9.51. The van der Waals surface area contributed by atoms with Crippen molar-refractivity contribution >= 4 is 29.2 Å². The first-order valence-corrected chi connectivity index (χ1v) is 5.47. The van der Waals surface area contributed by atoms with E-state index in [4.69, 9.17) is 0 Å². The number of carbonyl (C=O) groups is 3. The Kier molecular flexibility index (Phi) is 3.27. The van der Waals surface area contributed by atoms with Crippen LogP contribution in [0, 0.1) is 0 Å². The molecule has 2 rings (SSSR count). The first-order chi connectivity index (χ1) is 8.58. The van der Waals surface area contributed by atoms with Gasteiger partial charge in [-0.1, -0.05) is 12.1 Å². The highest BCUT2D eigenvalue weighted by Crippen LogP contribution is 2.29. The summed E-state index contributed by atoms with van der Waals surface area (Å²) in [5.41, 5.74) is 1.14. The minimum absolute atomic E-state index is 0.0944. The number of benzene rings is 1. The van der Waals surface area contributed by atoms with Crippen LogP contribution in [0.3, 0.4) is 0 Å². The van der Waals surface area contributed by atoms with E-state index >= 15 is 0 Å². The number of carboxylic acids is 1. The summed E-state index contributed by atoms with van der Waals surface area (Å²) in [6.45, 7) is -0.0944. The molecule has 1 aliphatic rings. The Morgan fingerprint density at radius 2 is 2.00 bits per heavy atom. The zero-order valence-electron chi connectivity index (χ0n) is 9.51. The lowest BCUT2D eigenvalue weighted by molar-refractivity contribution is -0.305. The van der Waals surface area contributed by atoms with Crippen molar-refractivity contribution in [2.45, 2.75) is 12.8 Å². The monoisotopic (exact) mass is 247 g/mol. The molecule has 0 atom stereocenters. The van der Waals surface area contributed by atoms with E-state index in [0.717, 1.165) is 0 Å². The highest BCUT2D eigenvalue weighted by atomic mass is 16.4. The van der Waals surface area contributed by atoms with E-state index in [1.54, 1.807) is 24.3 Å². The number of hydrogen-bond acceptors (Lipinski definition) is 4. The van der Waals surface area contributed by atoms with Crippen LogP contribution < -0.4 is 15.3 Å². The molecule has 18 heavy (non-hydrogen) atoms. The third kappa shape index (κ3) is 2.48. The molecule has 0 unspecified atom stereocenters. The Balaban J connectivity index is 2.20. The molecule has 6 nitrogen and oxygen atoms in total. The van der Waals surface area contributed by atoms with E-state index in [0.29, 0.717) is 11.4 Å². The number of amides is 2. The van der Waals surface area contributed by atoms with Gasteiger partial charge in [0.2, 0.25) is 11.8 Å². The number of anilines is 2. The molecular formula is C12H11N2O4-. The van der Waals surface area contributed by atoms with Gasteiger partial charge in [0.15, 0.2) is 0 Å². The van der Waals surface area contributed by atoms with E-state index in [2.05, 4.69) is 5.32 Å². The van der Waals surface area contributed by atoms with Gasteiger partial charge in [0.1, 0.15) is 6.54 Å². The van der Waals surface area contributed by atoms with Crippen molar-refractivity contribution in [2.24, 2.45) is 0 Å². The van der Waals surface area contributed by atoms with Crippen LogP contribution in [0.5, 0.6) is 0 Å². The van der Waals surface area contributed by atoms with E-state index in [9.17, 15) is 19.5 Å². The predicted molar refractivity (Wildman–Crippen MR) is 61.7 cm³/mol. The third-order valence-electron chi connectivity index (χ3n) is 2.61. The Morgan fingerprint density at radius 3 is 2.72 bits per heavy atom. The highest BCUT2D eigenvalue weighted by Gasteiger charge is 2.25. The standard InChI is InChI=1S/C12H12N2O4/c15-10-7-14(11(16)5-6-12(17)18)9-4-2-1-3-8(9)13-10/h1-4H,5-7H2,(H,13,15)(H,17,18)/p-1. The molecule has 6 heteroatoms. The molecule has 0 saturated heterocycles. The number of nitrogens with one attached hydrogen (secondary N) is 1. The Labute approximate surface area is 103 Å². The average Bonchev–Trinajstić information content (AvgIpc) is 2.34. The van der Waals surface area contributed by atoms with Crippen LogP contribution >= 0.6 is 0 Å². The second kappa shape index (κ2) is 4.87. The second-order valence-corrected chi connectivity index (χ2v) is 3.92. The summed E-state index contributed by atoms with van der Waals surface area (Å²) in [5, 5.41) is 13.0. The van der Waals surface area contributed by atoms with Gasteiger partial charge in [0, 0.05) is 12.4 Å². The molecule has 1 aromatic rings. The topological polar surface area (TPSA) is 89.5 Å². The van der Waals surface area contributed by atoms with Gasteiger partial charge in [-0.25, -0.2) is 0 Å². The van der Waals surface area contributed by atoms with Gasteiger partial charge in [-0.15, -0.1) is 0 Å². The van der Waals surface area contributed by atoms with E-state index in [-0.39, 0.29) is 25.3 Å². The molecule has 0 bridgehead atoms. The lowest BCUT2D eigenvalue weighted by atomic mass is 10.1. The normalized spacial score (nSPS) is 13.8. The van der Waals surface area contributed by atoms with E-state index in [1.807, 2.05) is 0 Å². The molecule has 94 valence electrons. The van der Waals surface area contributed by atoms with Crippen LogP contribution in [0.15, 0.2) is 24.3 Å². The second-order valence-electron chi connectivity index (χ2n) is 3.92. The number of carboxylic acid groups (broad SMARTS) is 1. The maximum Gasteiger partial charge on any atom is 0.244 e. The number of rotatable bonds is 3. The van der Waals surface area contributed by atoms with Gasteiger partial charge in [0.05, 0.1) is 11.4 Å². The minimum Gasteiger partial charge on any atom is -0.550 e. The fraction of sp³-hybridized carbons (Fsp3) is 0.250. The summed E-state index contributed by atoms with van der Waals surface area (Å²) in [5.74, 6) is -1.98. The lowest BCUT2D eigenvalue weighted by Crippen LogP contribution is -2.42. The number of hydrogen-bond donors (Lipinski definition) is 1. The molecule has 0 spiro atoms. The number of fused-ring (bicyclic) bond motifs is 1. The van der Waals surface area contributed by atoms with Crippen LogP contribution in [0.2, 0.25) is 0 Å². The Hall–Kier alpha value is -2.37. The molecule has 1 aliphatic heterocycles. The third-order valence-corrected chi connectivity index (χ3v) is 2.61. The average molecular weight is 247 g/mol. The maximum absolute atomic E-state index is 11.9. The van der Waals surface area contributed by atoms with Crippen LogP contribution in [0.25, 0.3) is 0 Å². The zero-order chi connectivity index (χ0) is 13.1. The van der Waals surface area contributed by atoms with Crippen LogP contribution in [-0.4, -0.2) is 24.3 Å². The van der Waals surface area contributed by atoms with Gasteiger partial charge >= 0.3 is 0 Å². The van der Waals surface area contributed by atoms with Crippen molar-refractivity contribution in [2.75, 3.05) is 16.8 Å². The fourth-order valence-corrected chi connectivity index (χ4v) is 1.80. The molecule has 2 amide bonds. The SMILES string of the molecule is O=C([O-])CCC(=O)N1CC(=O)Nc2ccccc21. The summed E-state index contributed by atoms with van der Waals surface area (Å²) < 4.78 is 0. The maximum atomic E-state index is 11.9. The quantitative estimate of drug-likeness (QED) is 0.779. The molecule has 0 radical (unpaired) electrons. The summed E-state index contributed by atoms with van der Waals surface area (Å²) in [6, 6.07) is 6.88. The van der Waals surface area contributed by atoms with Crippen molar-refractivity contribution in [1.82, 2.24) is 0 Å². The minimum atomic E-state index is -1.28. The van der Waals surface area contributed by atoms with Gasteiger partial charge < -0.3 is 20.1 Å². The largest absolute Gasteiger partial charge is 0.550 e. The molecule has 0 aliphatic carbocycles. The van der Waals surface area contributed by atoms with Crippen molar-refractivity contribution < 1.29 is 19.5 Å². The first kappa shape index (κ1) is 12.1. The fourth-order valence-electron chi connectivity index (χ4n) is 1.80. The number of para-hydroxylation sites is 2. The molecule has 0 aromatic heterocycles. The van der Waals surface area contributed by atoms with E-state index < -0.39 is 11.9 Å². The predicted octanol–water partition coefficient (Wildman–Crippen LogP) is -0.498.